The topological polar surface area (TPSA) is 35.2 Å². The number of rotatable bonds is 3. The number of benzene rings is 1. The van der Waals surface area contributed by atoms with Gasteiger partial charge in [-0.15, -0.1) is 5.92 Å². The van der Waals surface area contributed by atoms with Crippen molar-refractivity contribution in [2.24, 2.45) is 5.73 Å². The molecule has 15 heavy (non-hydrogen) atoms. The second-order valence-corrected chi connectivity index (χ2v) is 3.64. The van der Waals surface area contributed by atoms with Crippen LogP contribution in [-0.4, -0.2) is 6.61 Å². The average molecular weight is 244 g/mol. The Balaban J connectivity index is 2.96. The molecule has 0 unspecified atom stereocenters. The summed E-state index contributed by atoms with van der Waals surface area (Å²) in [6.07, 6.45) is 0. The van der Waals surface area contributed by atoms with E-state index >= 15 is 0 Å². The lowest BCUT2D eigenvalue weighted by Crippen LogP contribution is -2.03. The molecule has 1 rings (SSSR count). The van der Waals surface area contributed by atoms with Crippen LogP contribution in [0.25, 0.3) is 0 Å². The van der Waals surface area contributed by atoms with Crippen molar-refractivity contribution < 1.29 is 4.74 Å². The van der Waals surface area contributed by atoms with Gasteiger partial charge in [0.05, 0.1) is 5.02 Å². The SMILES string of the molecule is CC#CCOc1c(Cl)cc(Cl)cc1CN. The Hall–Kier alpha value is -0.880. The van der Waals surface area contributed by atoms with Gasteiger partial charge in [-0.1, -0.05) is 29.1 Å². The highest BCUT2D eigenvalue weighted by atomic mass is 35.5. The molecule has 0 aliphatic carbocycles. The van der Waals surface area contributed by atoms with Crippen molar-refractivity contribution >= 4 is 23.2 Å². The summed E-state index contributed by atoms with van der Waals surface area (Å²) in [5, 5.41) is 1.01. The minimum atomic E-state index is 0.296. The molecule has 0 aromatic heterocycles. The molecule has 0 aliphatic heterocycles. The molecular weight excluding hydrogens is 233 g/mol. The van der Waals surface area contributed by atoms with Gasteiger partial charge in [0.15, 0.2) is 0 Å². The summed E-state index contributed by atoms with van der Waals surface area (Å²) in [5.41, 5.74) is 6.34. The largest absolute Gasteiger partial charge is 0.479 e. The molecule has 0 fully saturated rings. The van der Waals surface area contributed by atoms with Crippen LogP contribution in [-0.2, 0) is 6.54 Å². The molecule has 4 heteroatoms. The highest BCUT2D eigenvalue weighted by Crippen LogP contribution is 2.32. The second kappa shape index (κ2) is 5.87. The molecule has 1 aromatic rings. The summed E-state index contributed by atoms with van der Waals surface area (Å²) in [6.45, 7) is 2.37. The fourth-order valence-corrected chi connectivity index (χ4v) is 1.70. The number of nitrogens with two attached hydrogens (primary N) is 1. The van der Waals surface area contributed by atoms with E-state index in [4.69, 9.17) is 33.7 Å². The number of hydrogen-bond donors (Lipinski definition) is 1. The van der Waals surface area contributed by atoms with Gasteiger partial charge >= 0.3 is 0 Å². The van der Waals surface area contributed by atoms with Crippen LogP contribution < -0.4 is 10.5 Å². The maximum Gasteiger partial charge on any atom is 0.149 e. The lowest BCUT2D eigenvalue weighted by atomic mass is 10.2. The van der Waals surface area contributed by atoms with Crippen LogP contribution in [0.5, 0.6) is 5.75 Å². The molecule has 80 valence electrons. The monoisotopic (exact) mass is 243 g/mol. The van der Waals surface area contributed by atoms with Gasteiger partial charge in [-0.05, 0) is 19.1 Å². The van der Waals surface area contributed by atoms with E-state index < -0.39 is 0 Å². The van der Waals surface area contributed by atoms with Crippen molar-refractivity contribution in [3.63, 3.8) is 0 Å². The Morgan fingerprint density at radius 3 is 2.73 bits per heavy atom. The van der Waals surface area contributed by atoms with Gasteiger partial charge in [0, 0.05) is 17.1 Å². The van der Waals surface area contributed by atoms with Crippen LogP contribution in [0.2, 0.25) is 10.0 Å². The van der Waals surface area contributed by atoms with Crippen LogP contribution in [0.1, 0.15) is 12.5 Å². The quantitative estimate of drug-likeness (QED) is 0.829. The summed E-state index contributed by atoms with van der Waals surface area (Å²) in [6, 6.07) is 3.36. The third kappa shape index (κ3) is 3.32. The third-order valence-electron chi connectivity index (χ3n) is 1.77. The highest BCUT2D eigenvalue weighted by Gasteiger charge is 2.08. The van der Waals surface area contributed by atoms with Gasteiger partial charge in [0.1, 0.15) is 12.4 Å². The van der Waals surface area contributed by atoms with Gasteiger partial charge < -0.3 is 10.5 Å². The zero-order chi connectivity index (χ0) is 11.3. The van der Waals surface area contributed by atoms with Crippen molar-refractivity contribution in [3.05, 3.63) is 27.7 Å². The highest BCUT2D eigenvalue weighted by molar-refractivity contribution is 6.35. The van der Waals surface area contributed by atoms with Crippen molar-refractivity contribution in [3.8, 4) is 17.6 Å². The Morgan fingerprint density at radius 1 is 1.40 bits per heavy atom. The van der Waals surface area contributed by atoms with Crippen LogP contribution in [0.3, 0.4) is 0 Å². The Morgan fingerprint density at radius 2 is 2.13 bits per heavy atom. The molecule has 1 aromatic carbocycles. The van der Waals surface area contributed by atoms with E-state index in [2.05, 4.69) is 11.8 Å². The second-order valence-electron chi connectivity index (χ2n) is 2.80. The fourth-order valence-electron chi connectivity index (χ4n) is 1.11. The number of hydrogen-bond acceptors (Lipinski definition) is 2. The minimum Gasteiger partial charge on any atom is -0.479 e. The lowest BCUT2D eigenvalue weighted by Gasteiger charge is -2.10. The Labute approximate surface area is 99.3 Å². The molecular formula is C11H11Cl2NO. The molecule has 0 spiro atoms. The van der Waals surface area contributed by atoms with E-state index in [0.717, 1.165) is 5.56 Å². The molecule has 0 heterocycles. The van der Waals surface area contributed by atoms with Crippen molar-refractivity contribution in [1.82, 2.24) is 0 Å². The van der Waals surface area contributed by atoms with Gasteiger partial charge in [-0.2, -0.15) is 0 Å². The summed E-state index contributed by atoms with van der Waals surface area (Å²) >= 11 is 11.8. The smallest absolute Gasteiger partial charge is 0.149 e. The van der Waals surface area contributed by atoms with Crippen LogP contribution in [0.15, 0.2) is 12.1 Å². The normalized spacial score (nSPS) is 9.33. The molecule has 0 bridgehead atoms. The molecule has 0 aliphatic rings. The molecule has 2 nitrogen and oxygen atoms in total. The van der Waals surface area contributed by atoms with Crippen molar-refractivity contribution in [1.29, 1.82) is 0 Å². The lowest BCUT2D eigenvalue weighted by molar-refractivity contribution is 0.366. The van der Waals surface area contributed by atoms with E-state index in [9.17, 15) is 0 Å². The number of halogens is 2. The zero-order valence-electron chi connectivity index (χ0n) is 8.31. The van der Waals surface area contributed by atoms with Gasteiger partial charge in [0.2, 0.25) is 0 Å². The summed E-state index contributed by atoms with van der Waals surface area (Å²) in [4.78, 5) is 0. The van der Waals surface area contributed by atoms with Crippen molar-refractivity contribution in [2.75, 3.05) is 6.61 Å². The summed E-state index contributed by atoms with van der Waals surface area (Å²) in [5.74, 6) is 6.08. The molecule has 0 saturated carbocycles. The average Bonchev–Trinajstić information content (AvgIpc) is 2.20. The van der Waals surface area contributed by atoms with Crippen LogP contribution >= 0.6 is 23.2 Å². The Kier molecular flexibility index (Phi) is 4.77. The molecule has 0 radical (unpaired) electrons. The first-order valence-electron chi connectivity index (χ1n) is 4.39. The van der Waals surface area contributed by atoms with Crippen LogP contribution in [0.4, 0.5) is 0 Å². The van der Waals surface area contributed by atoms with Crippen LogP contribution in [0, 0.1) is 11.8 Å². The maximum absolute atomic E-state index is 5.98. The van der Waals surface area contributed by atoms with Gasteiger partial charge in [-0.25, -0.2) is 0 Å². The summed E-state index contributed by atoms with van der Waals surface area (Å²) in [7, 11) is 0. The first kappa shape index (κ1) is 12.2. The zero-order valence-corrected chi connectivity index (χ0v) is 9.82. The predicted octanol–water partition coefficient (Wildman–Crippen LogP) is 2.85. The van der Waals surface area contributed by atoms with Gasteiger partial charge in [0.25, 0.3) is 0 Å². The standard InChI is InChI=1S/C11H11Cl2NO/c1-2-3-4-15-11-8(7-14)5-9(12)6-10(11)13/h5-6H,4,7,14H2,1H3. The number of ether oxygens (including phenoxy) is 1. The third-order valence-corrected chi connectivity index (χ3v) is 2.27. The molecule has 0 amide bonds. The minimum absolute atomic E-state index is 0.296. The first-order chi connectivity index (χ1) is 7.19. The van der Waals surface area contributed by atoms with E-state index in [-0.39, 0.29) is 0 Å². The molecule has 2 N–H and O–H groups in total. The predicted molar refractivity (Wildman–Crippen MR) is 63.3 cm³/mol. The molecule has 0 saturated heterocycles. The van der Waals surface area contributed by atoms with E-state index in [1.54, 1.807) is 19.1 Å². The van der Waals surface area contributed by atoms with E-state index in [1.807, 2.05) is 0 Å². The van der Waals surface area contributed by atoms with E-state index in [1.165, 1.54) is 0 Å². The van der Waals surface area contributed by atoms with E-state index in [0.29, 0.717) is 28.9 Å². The Bertz CT molecular complexity index is 407. The van der Waals surface area contributed by atoms with Crippen molar-refractivity contribution in [2.45, 2.75) is 13.5 Å². The first-order valence-corrected chi connectivity index (χ1v) is 5.15. The summed E-state index contributed by atoms with van der Waals surface area (Å²) < 4.78 is 5.41. The maximum atomic E-state index is 5.98. The van der Waals surface area contributed by atoms with Gasteiger partial charge in [-0.3, -0.25) is 0 Å². The fraction of sp³-hybridized carbons (Fsp3) is 0.273. The molecule has 0 atom stereocenters.